The fraction of sp³-hybridized carbons (Fsp3) is 0.350. The summed E-state index contributed by atoms with van der Waals surface area (Å²) < 4.78 is 0. The Morgan fingerprint density at radius 1 is 1.17 bits per heavy atom. The van der Waals surface area contributed by atoms with Gasteiger partial charge in [0.25, 0.3) is 5.91 Å². The fourth-order valence-corrected chi connectivity index (χ4v) is 3.17. The molecule has 0 fully saturated rings. The summed E-state index contributed by atoms with van der Waals surface area (Å²) in [6, 6.07) is 14.1. The van der Waals surface area contributed by atoms with Gasteiger partial charge in [-0.1, -0.05) is 36.4 Å². The van der Waals surface area contributed by atoms with Crippen LogP contribution in [0.3, 0.4) is 0 Å². The molecule has 3 rings (SSSR count). The molecule has 0 aromatic heterocycles. The van der Waals surface area contributed by atoms with Crippen molar-refractivity contribution in [3.63, 3.8) is 0 Å². The highest BCUT2D eigenvalue weighted by molar-refractivity contribution is 5.98. The van der Waals surface area contributed by atoms with E-state index < -0.39 is 0 Å². The van der Waals surface area contributed by atoms with Crippen molar-refractivity contribution in [3.05, 3.63) is 59.7 Å². The Hall–Kier alpha value is -2.13. The molecule has 1 amide bonds. The van der Waals surface area contributed by atoms with E-state index in [1.54, 1.807) is 0 Å². The van der Waals surface area contributed by atoms with Crippen LogP contribution in [0.5, 0.6) is 0 Å². The Morgan fingerprint density at radius 3 is 2.70 bits per heavy atom. The second-order valence-electron chi connectivity index (χ2n) is 6.27. The Labute approximate surface area is 138 Å². The molecule has 23 heavy (non-hydrogen) atoms. The van der Waals surface area contributed by atoms with Crippen LogP contribution in [0.25, 0.3) is 10.8 Å². The van der Waals surface area contributed by atoms with Crippen LogP contribution in [0.1, 0.15) is 23.7 Å². The predicted octanol–water partition coefficient (Wildman–Crippen LogP) is 3.56. The maximum Gasteiger partial charge on any atom is 0.254 e. The topological polar surface area (TPSA) is 23.6 Å². The average Bonchev–Trinajstić information content (AvgIpc) is 2.58. The number of rotatable bonds is 4. The molecule has 1 aliphatic heterocycles. The summed E-state index contributed by atoms with van der Waals surface area (Å²) in [6.07, 6.45) is 3.36. The van der Waals surface area contributed by atoms with Crippen LogP contribution >= 0.6 is 0 Å². The van der Waals surface area contributed by atoms with Gasteiger partial charge in [0.15, 0.2) is 0 Å². The number of nitrogens with zero attached hydrogens (tertiary/aromatic N) is 2. The van der Waals surface area contributed by atoms with E-state index in [0.29, 0.717) is 0 Å². The molecular weight excluding hydrogens is 284 g/mol. The second-order valence-corrected chi connectivity index (χ2v) is 6.27. The Bertz CT molecular complexity index is 735. The lowest BCUT2D eigenvalue weighted by Crippen LogP contribution is -2.36. The van der Waals surface area contributed by atoms with Gasteiger partial charge in [-0.25, -0.2) is 0 Å². The number of carbonyl (C=O) groups is 1. The van der Waals surface area contributed by atoms with Crippen LogP contribution in [0, 0.1) is 0 Å². The summed E-state index contributed by atoms with van der Waals surface area (Å²) in [7, 11) is 2.13. The van der Waals surface area contributed by atoms with Crippen molar-refractivity contribution >= 4 is 16.7 Å². The summed E-state index contributed by atoms with van der Waals surface area (Å²) in [5.41, 5.74) is 2.12. The zero-order chi connectivity index (χ0) is 16.2. The highest BCUT2D eigenvalue weighted by Crippen LogP contribution is 2.18. The zero-order valence-electron chi connectivity index (χ0n) is 14.0. The third kappa shape index (κ3) is 3.62. The third-order valence-electron chi connectivity index (χ3n) is 4.48. The van der Waals surface area contributed by atoms with E-state index in [9.17, 15) is 4.79 Å². The highest BCUT2D eigenvalue weighted by Gasteiger charge is 2.18. The first-order valence-electron chi connectivity index (χ1n) is 8.32. The Kier molecular flexibility index (Phi) is 4.77. The number of likely N-dealkylation sites (N-methyl/N-ethyl adjacent to an activating group) is 2. The van der Waals surface area contributed by atoms with Crippen LogP contribution < -0.4 is 0 Å². The molecule has 1 heterocycles. The Morgan fingerprint density at radius 2 is 1.96 bits per heavy atom. The average molecular weight is 308 g/mol. The van der Waals surface area contributed by atoms with E-state index in [1.807, 2.05) is 42.2 Å². The normalized spacial score (nSPS) is 15.5. The largest absolute Gasteiger partial charge is 0.335 e. The van der Waals surface area contributed by atoms with Gasteiger partial charge in [0.1, 0.15) is 0 Å². The number of fused-ring (bicyclic) bond motifs is 1. The van der Waals surface area contributed by atoms with Crippen LogP contribution in [0.4, 0.5) is 0 Å². The first kappa shape index (κ1) is 15.8. The SMILES string of the molecule is CCN(CC1=CCCN(C)C1)C(=O)c1ccc2ccccc2c1. The summed E-state index contributed by atoms with van der Waals surface area (Å²) >= 11 is 0. The lowest BCUT2D eigenvalue weighted by atomic mass is 10.1. The van der Waals surface area contributed by atoms with Crippen LogP contribution in [0.15, 0.2) is 54.1 Å². The number of hydrogen-bond donors (Lipinski definition) is 0. The molecule has 1 aliphatic rings. The summed E-state index contributed by atoms with van der Waals surface area (Å²) in [4.78, 5) is 17.1. The molecule has 2 aromatic carbocycles. The molecule has 0 bridgehead atoms. The highest BCUT2D eigenvalue weighted by atomic mass is 16.2. The molecule has 3 nitrogen and oxygen atoms in total. The molecule has 2 aromatic rings. The lowest BCUT2D eigenvalue weighted by Gasteiger charge is -2.28. The molecular formula is C20H24N2O. The smallest absolute Gasteiger partial charge is 0.254 e. The second kappa shape index (κ2) is 6.97. The van der Waals surface area contributed by atoms with Gasteiger partial charge < -0.3 is 9.80 Å². The number of benzene rings is 2. The molecule has 0 spiro atoms. The number of carbonyl (C=O) groups excluding carboxylic acids is 1. The van der Waals surface area contributed by atoms with Gasteiger partial charge in [-0.05, 0) is 48.9 Å². The fourth-order valence-electron chi connectivity index (χ4n) is 3.17. The molecule has 0 N–H and O–H groups in total. The maximum atomic E-state index is 12.9. The number of hydrogen-bond acceptors (Lipinski definition) is 2. The molecule has 0 aliphatic carbocycles. The van der Waals surface area contributed by atoms with E-state index in [1.165, 1.54) is 11.0 Å². The summed E-state index contributed by atoms with van der Waals surface area (Å²) in [5, 5.41) is 2.29. The van der Waals surface area contributed by atoms with E-state index in [0.717, 1.165) is 43.5 Å². The van der Waals surface area contributed by atoms with Crippen molar-refractivity contribution in [1.29, 1.82) is 0 Å². The molecule has 120 valence electrons. The summed E-state index contributed by atoms with van der Waals surface area (Å²) in [6.45, 7) is 5.57. The lowest BCUT2D eigenvalue weighted by molar-refractivity contribution is 0.0775. The molecule has 0 atom stereocenters. The van der Waals surface area contributed by atoms with Gasteiger partial charge in [-0.3, -0.25) is 4.79 Å². The monoisotopic (exact) mass is 308 g/mol. The molecule has 0 unspecified atom stereocenters. The van der Waals surface area contributed by atoms with Crippen LogP contribution in [-0.2, 0) is 0 Å². The quantitative estimate of drug-likeness (QED) is 0.806. The minimum Gasteiger partial charge on any atom is -0.335 e. The van der Waals surface area contributed by atoms with Crippen molar-refractivity contribution in [1.82, 2.24) is 9.80 Å². The van der Waals surface area contributed by atoms with E-state index in [4.69, 9.17) is 0 Å². The van der Waals surface area contributed by atoms with E-state index >= 15 is 0 Å². The van der Waals surface area contributed by atoms with E-state index in [-0.39, 0.29) is 5.91 Å². The maximum absolute atomic E-state index is 12.9. The van der Waals surface area contributed by atoms with Crippen LogP contribution in [0.2, 0.25) is 0 Å². The zero-order valence-corrected chi connectivity index (χ0v) is 14.0. The van der Waals surface area contributed by atoms with Crippen molar-refractivity contribution in [3.8, 4) is 0 Å². The van der Waals surface area contributed by atoms with Crippen molar-refractivity contribution in [2.75, 3.05) is 33.2 Å². The van der Waals surface area contributed by atoms with Crippen molar-refractivity contribution in [2.24, 2.45) is 0 Å². The molecule has 0 radical (unpaired) electrons. The standard InChI is InChI=1S/C20H24N2O/c1-3-22(15-16-7-6-12-21(2)14-16)20(23)19-11-10-17-8-4-5-9-18(17)13-19/h4-5,7-11,13H,3,6,12,14-15H2,1-2H3. The van der Waals surface area contributed by atoms with Gasteiger partial charge in [-0.15, -0.1) is 0 Å². The minimum absolute atomic E-state index is 0.118. The van der Waals surface area contributed by atoms with Gasteiger partial charge in [0.05, 0.1) is 0 Å². The predicted molar refractivity (Wildman–Crippen MR) is 95.7 cm³/mol. The first-order valence-corrected chi connectivity index (χ1v) is 8.32. The molecule has 0 saturated heterocycles. The first-order chi connectivity index (χ1) is 11.2. The minimum atomic E-state index is 0.118. The summed E-state index contributed by atoms with van der Waals surface area (Å²) in [5.74, 6) is 0.118. The van der Waals surface area contributed by atoms with Gasteiger partial charge in [-0.2, -0.15) is 0 Å². The van der Waals surface area contributed by atoms with Gasteiger partial charge in [0, 0.05) is 31.7 Å². The van der Waals surface area contributed by atoms with Crippen molar-refractivity contribution < 1.29 is 4.79 Å². The van der Waals surface area contributed by atoms with Crippen LogP contribution in [-0.4, -0.2) is 48.9 Å². The Balaban J connectivity index is 1.79. The number of amides is 1. The molecule has 0 saturated carbocycles. The van der Waals surface area contributed by atoms with Gasteiger partial charge in [0.2, 0.25) is 0 Å². The van der Waals surface area contributed by atoms with Crippen molar-refractivity contribution in [2.45, 2.75) is 13.3 Å². The molecule has 3 heteroatoms. The van der Waals surface area contributed by atoms with Gasteiger partial charge >= 0.3 is 0 Å². The third-order valence-corrected chi connectivity index (χ3v) is 4.48. The van der Waals surface area contributed by atoms with E-state index in [2.05, 4.69) is 30.2 Å².